The first kappa shape index (κ1) is 29.8. The molecule has 4 nitrogen and oxygen atoms in total. The van der Waals surface area contributed by atoms with Gasteiger partial charge in [0.15, 0.2) is 0 Å². The molecule has 0 saturated heterocycles. The van der Waals surface area contributed by atoms with Gasteiger partial charge in [-0.25, -0.2) is 0 Å². The molecule has 0 aliphatic heterocycles. The van der Waals surface area contributed by atoms with Crippen LogP contribution in [0.5, 0.6) is 0 Å². The van der Waals surface area contributed by atoms with Gasteiger partial charge < -0.3 is 20.1 Å². The average molecular weight is 546 g/mol. The first-order chi connectivity index (χ1) is 12.3. The molecule has 3 unspecified atom stereocenters. The summed E-state index contributed by atoms with van der Waals surface area (Å²) in [6, 6.07) is 0. The molecule has 0 aromatic carbocycles. The van der Waals surface area contributed by atoms with E-state index in [0.717, 1.165) is 64.2 Å². The average Bonchev–Trinajstić information content (AvgIpc) is 2.81. The van der Waals surface area contributed by atoms with Crippen LogP contribution in [0.3, 0.4) is 0 Å². The molecule has 2 fully saturated rings. The fraction of sp³-hybridized carbons (Fsp3) is 0.955. The van der Waals surface area contributed by atoms with Gasteiger partial charge in [-0.2, -0.15) is 0 Å². The SMILES string of the molecule is CC(=O)CCCCCC[C@H]1C(O)CC(O)[C@@H]1CCCC(O)C1(C)CCC1.[Y].[Y]. The molecule has 2 aliphatic rings. The largest absolute Gasteiger partial charge is 0.393 e. The Labute approximate surface area is 222 Å². The van der Waals surface area contributed by atoms with Gasteiger partial charge in [0.05, 0.1) is 18.3 Å². The topological polar surface area (TPSA) is 77.8 Å². The molecule has 28 heavy (non-hydrogen) atoms. The summed E-state index contributed by atoms with van der Waals surface area (Å²) in [6.45, 7) is 3.83. The Morgan fingerprint density at radius 2 is 1.50 bits per heavy atom. The van der Waals surface area contributed by atoms with Gasteiger partial charge in [0, 0.05) is 71.8 Å². The third-order valence-electron chi connectivity index (χ3n) is 7.15. The molecule has 158 valence electrons. The number of ketones is 1. The number of unbranched alkanes of at least 4 members (excludes halogenated alkanes) is 3. The zero-order chi connectivity index (χ0) is 19.2. The summed E-state index contributed by atoms with van der Waals surface area (Å²) in [7, 11) is 0. The molecule has 0 aromatic rings. The van der Waals surface area contributed by atoms with Crippen molar-refractivity contribution in [3.8, 4) is 0 Å². The Kier molecular flexibility index (Phi) is 15.7. The molecule has 6 heteroatoms. The molecule has 0 amide bonds. The first-order valence-corrected chi connectivity index (χ1v) is 10.9. The van der Waals surface area contributed by atoms with Crippen LogP contribution in [0.4, 0.5) is 0 Å². The van der Waals surface area contributed by atoms with Gasteiger partial charge in [-0.05, 0) is 69.1 Å². The van der Waals surface area contributed by atoms with Crippen LogP contribution in [0.1, 0.15) is 97.3 Å². The molecular weight excluding hydrogens is 506 g/mol. The van der Waals surface area contributed by atoms with E-state index in [1.807, 2.05) is 0 Å². The van der Waals surface area contributed by atoms with E-state index in [1.54, 1.807) is 6.92 Å². The Morgan fingerprint density at radius 3 is 2.00 bits per heavy atom. The molecule has 2 aliphatic carbocycles. The second-order valence-corrected chi connectivity index (χ2v) is 9.31. The quantitative estimate of drug-likeness (QED) is 0.324. The summed E-state index contributed by atoms with van der Waals surface area (Å²) >= 11 is 0. The maximum Gasteiger partial charge on any atom is 0.129 e. The van der Waals surface area contributed by atoms with Crippen molar-refractivity contribution in [1.29, 1.82) is 0 Å². The maximum absolute atomic E-state index is 11.0. The smallest absolute Gasteiger partial charge is 0.129 e. The van der Waals surface area contributed by atoms with Crippen molar-refractivity contribution in [2.24, 2.45) is 17.3 Å². The zero-order valence-electron chi connectivity index (χ0n) is 18.0. The minimum Gasteiger partial charge on any atom is -0.393 e. The van der Waals surface area contributed by atoms with Crippen molar-refractivity contribution < 1.29 is 85.5 Å². The third kappa shape index (κ3) is 9.09. The van der Waals surface area contributed by atoms with Gasteiger partial charge in [-0.3, -0.25) is 0 Å². The number of rotatable bonds is 12. The van der Waals surface area contributed by atoms with Gasteiger partial charge in [0.1, 0.15) is 5.78 Å². The standard InChI is InChI=1S/C22H40O4.2Y/c1-16(23)9-5-3-4-6-10-17-18(20(25)15-19(17)24)11-7-12-21(26)22(2)13-8-14-22;;/h17-21,24-26H,3-15H2,1-2H3;;/t17-,18-,19?,20?,21?;;/m1../s1. The number of hydrogen-bond donors (Lipinski definition) is 3. The van der Waals surface area contributed by atoms with Gasteiger partial charge in [-0.15, -0.1) is 0 Å². The van der Waals surface area contributed by atoms with E-state index < -0.39 is 6.10 Å². The molecule has 0 aromatic heterocycles. The molecule has 2 radical (unpaired) electrons. The van der Waals surface area contributed by atoms with Crippen LogP contribution in [0.15, 0.2) is 0 Å². The summed E-state index contributed by atoms with van der Waals surface area (Å²) in [5.41, 5.74) is 0.118. The number of carbonyl (C=O) groups excluding carboxylic acids is 1. The summed E-state index contributed by atoms with van der Waals surface area (Å²) in [4.78, 5) is 11.0. The monoisotopic (exact) mass is 546 g/mol. The number of Topliss-reactive ketones (excluding diaryl/α,β-unsaturated/α-hetero) is 1. The predicted molar refractivity (Wildman–Crippen MR) is 104 cm³/mol. The fourth-order valence-electron chi connectivity index (χ4n) is 5.05. The van der Waals surface area contributed by atoms with Crippen molar-refractivity contribution in [3.63, 3.8) is 0 Å². The number of aliphatic hydroxyl groups excluding tert-OH is 3. The number of aliphatic hydroxyl groups is 3. The first-order valence-electron chi connectivity index (χ1n) is 10.9. The van der Waals surface area contributed by atoms with Gasteiger partial charge in [0.25, 0.3) is 0 Å². The molecule has 0 bridgehead atoms. The molecule has 0 heterocycles. The number of carbonyl (C=O) groups is 1. The second-order valence-electron chi connectivity index (χ2n) is 9.31. The molecule has 3 N–H and O–H groups in total. The minimum absolute atomic E-state index is 0. The van der Waals surface area contributed by atoms with Crippen LogP contribution in [-0.2, 0) is 70.2 Å². The van der Waals surface area contributed by atoms with E-state index >= 15 is 0 Å². The fourth-order valence-corrected chi connectivity index (χ4v) is 5.05. The van der Waals surface area contributed by atoms with E-state index in [1.165, 1.54) is 6.42 Å². The Morgan fingerprint density at radius 1 is 0.964 bits per heavy atom. The van der Waals surface area contributed by atoms with E-state index in [9.17, 15) is 20.1 Å². The van der Waals surface area contributed by atoms with Crippen molar-refractivity contribution >= 4 is 5.78 Å². The van der Waals surface area contributed by atoms with Crippen molar-refractivity contribution in [2.45, 2.75) is 116 Å². The van der Waals surface area contributed by atoms with Gasteiger partial charge in [-0.1, -0.05) is 39.0 Å². The summed E-state index contributed by atoms with van der Waals surface area (Å²) in [5, 5.41) is 31.1. The van der Waals surface area contributed by atoms with Crippen LogP contribution < -0.4 is 0 Å². The van der Waals surface area contributed by atoms with E-state index in [0.29, 0.717) is 12.8 Å². The van der Waals surface area contributed by atoms with Crippen molar-refractivity contribution in [2.75, 3.05) is 0 Å². The Hall–Kier alpha value is 1.76. The minimum atomic E-state index is -0.399. The summed E-state index contributed by atoms with van der Waals surface area (Å²) in [5.74, 6) is 0.621. The van der Waals surface area contributed by atoms with Crippen LogP contribution in [0.25, 0.3) is 0 Å². The molecule has 2 saturated carbocycles. The van der Waals surface area contributed by atoms with Crippen LogP contribution in [0.2, 0.25) is 0 Å². The molecule has 5 atom stereocenters. The molecule has 0 spiro atoms. The second kappa shape index (κ2) is 14.8. The summed E-state index contributed by atoms with van der Waals surface area (Å²) < 4.78 is 0. The number of hydrogen-bond acceptors (Lipinski definition) is 4. The van der Waals surface area contributed by atoms with Crippen molar-refractivity contribution in [1.82, 2.24) is 0 Å². The normalized spacial score (nSPS) is 29.3. The summed E-state index contributed by atoms with van der Waals surface area (Å²) in [6.07, 6.45) is 11.5. The van der Waals surface area contributed by atoms with E-state index in [4.69, 9.17) is 0 Å². The van der Waals surface area contributed by atoms with Gasteiger partial charge in [0.2, 0.25) is 0 Å². The Bertz CT molecular complexity index is 442. The predicted octanol–water partition coefficient (Wildman–Crippen LogP) is 3.99. The maximum atomic E-state index is 11.0. The molecular formula is C22H40O4Y2. The zero-order valence-corrected chi connectivity index (χ0v) is 23.7. The van der Waals surface area contributed by atoms with E-state index in [-0.39, 0.29) is 101 Å². The molecule has 2 rings (SSSR count). The van der Waals surface area contributed by atoms with Gasteiger partial charge >= 0.3 is 0 Å². The van der Waals surface area contributed by atoms with Crippen LogP contribution in [0, 0.1) is 17.3 Å². The Balaban J connectivity index is 0.00000364. The van der Waals surface area contributed by atoms with Crippen LogP contribution >= 0.6 is 0 Å². The van der Waals surface area contributed by atoms with E-state index in [2.05, 4.69) is 6.92 Å². The third-order valence-corrected chi connectivity index (χ3v) is 7.15. The van der Waals surface area contributed by atoms with Crippen LogP contribution in [-0.4, -0.2) is 39.4 Å². The van der Waals surface area contributed by atoms with Crippen molar-refractivity contribution in [3.05, 3.63) is 0 Å².